The normalized spacial score (nSPS) is 10.4. The first-order valence-electron chi connectivity index (χ1n) is 5.79. The van der Waals surface area contributed by atoms with Crippen molar-refractivity contribution in [2.45, 2.75) is 6.42 Å². The molecule has 7 heteroatoms. The fourth-order valence-electron chi connectivity index (χ4n) is 1.79. The van der Waals surface area contributed by atoms with Gasteiger partial charge in [0.15, 0.2) is 5.78 Å². The number of rotatable bonds is 4. The molecule has 0 unspecified atom stereocenters. The van der Waals surface area contributed by atoms with E-state index in [0.717, 1.165) is 12.1 Å². The second kappa shape index (κ2) is 5.74. The summed E-state index contributed by atoms with van der Waals surface area (Å²) >= 11 is 0. The Morgan fingerprint density at radius 1 is 1.05 bits per heavy atom. The third kappa shape index (κ3) is 3.25. The number of carbonyl (C=O) groups is 1. The van der Waals surface area contributed by atoms with Gasteiger partial charge in [0.05, 0.1) is 16.6 Å². The Hall–Kier alpha value is -2.70. The van der Waals surface area contributed by atoms with Crippen molar-refractivity contribution >= 4 is 11.5 Å². The largest absolute Gasteiger partial charge is 0.308 e. The standard InChI is InChI=1S/C14H8F3NO3/c15-9-3-1-8(2-4-9)5-13(19)11-6-10(16)7-12(14(11)17)18(20)21/h1-4,6-7H,5H2. The van der Waals surface area contributed by atoms with E-state index in [2.05, 4.69) is 0 Å². The Labute approximate surface area is 117 Å². The number of halogens is 3. The highest BCUT2D eigenvalue weighted by Crippen LogP contribution is 2.23. The maximum Gasteiger partial charge on any atom is 0.308 e. The van der Waals surface area contributed by atoms with Crippen LogP contribution in [0.3, 0.4) is 0 Å². The van der Waals surface area contributed by atoms with Gasteiger partial charge in [-0.1, -0.05) is 12.1 Å². The molecule has 0 saturated heterocycles. The van der Waals surface area contributed by atoms with Gasteiger partial charge < -0.3 is 0 Å². The van der Waals surface area contributed by atoms with Crippen molar-refractivity contribution in [3.8, 4) is 0 Å². The van der Waals surface area contributed by atoms with Crippen molar-refractivity contribution in [2.24, 2.45) is 0 Å². The fourth-order valence-corrected chi connectivity index (χ4v) is 1.79. The maximum absolute atomic E-state index is 13.8. The Bertz CT molecular complexity index is 714. The summed E-state index contributed by atoms with van der Waals surface area (Å²) in [7, 11) is 0. The predicted octanol–water partition coefficient (Wildman–Crippen LogP) is 3.44. The Morgan fingerprint density at radius 3 is 2.24 bits per heavy atom. The van der Waals surface area contributed by atoms with Crippen LogP contribution >= 0.6 is 0 Å². The number of hydrogen-bond acceptors (Lipinski definition) is 3. The lowest BCUT2D eigenvalue weighted by atomic mass is 10.0. The molecule has 2 rings (SSSR count). The summed E-state index contributed by atoms with van der Waals surface area (Å²) in [5, 5.41) is 10.6. The summed E-state index contributed by atoms with van der Waals surface area (Å²) in [4.78, 5) is 21.4. The van der Waals surface area contributed by atoms with Crippen LogP contribution in [0.15, 0.2) is 36.4 Å². The van der Waals surface area contributed by atoms with Crippen molar-refractivity contribution in [3.63, 3.8) is 0 Å². The molecule has 0 aromatic heterocycles. The zero-order valence-corrected chi connectivity index (χ0v) is 10.5. The Kier molecular flexibility index (Phi) is 4.02. The van der Waals surface area contributed by atoms with Crippen LogP contribution in [0.1, 0.15) is 15.9 Å². The molecule has 108 valence electrons. The molecule has 0 aliphatic rings. The highest BCUT2D eigenvalue weighted by atomic mass is 19.1. The van der Waals surface area contributed by atoms with Gasteiger partial charge in [-0.05, 0) is 23.8 Å². The quantitative estimate of drug-likeness (QED) is 0.493. The minimum Gasteiger partial charge on any atom is -0.294 e. The fraction of sp³-hybridized carbons (Fsp3) is 0.0714. The number of nitro groups is 1. The first-order valence-corrected chi connectivity index (χ1v) is 5.79. The SMILES string of the molecule is O=C(Cc1ccc(F)cc1)c1cc(F)cc([N+](=O)[O-])c1F. The van der Waals surface area contributed by atoms with E-state index < -0.39 is 39.4 Å². The van der Waals surface area contributed by atoms with E-state index in [1.54, 1.807) is 0 Å². The van der Waals surface area contributed by atoms with E-state index in [4.69, 9.17) is 0 Å². The summed E-state index contributed by atoms with van der Waals surface area (Å²) in [5.74, 6) is -3.79. The van der Waals surface area contributed by atoms with E-state index >= 15 is 0 Å². The molecular formula is C14H8F3NO3. The molecular weight excluding hydrogens is 287 g/mol. The zero-order chi connectivity index (χ0) is 15.6. The molecule has 0 bridgehead atoms. The van der Waals surface area contributed by atoms with Crippen molar-refractivity contribution in [1.29, 1.82) is 0 Å². The molecule has 21 heavy (non-hydrogen) atoms. The Balaban J connectivity index is 2.35. The lowest BCUT2D eigenvalue weighted by Gasteiger charge is -2.04. The van der Waals surface area contributed by atoms with Gasteiger partial charge >= 0.3 is 5.69 Å². The van der Waals surface area contributed by atoms with Gasteiger partial charge in [0.2, 0.25) is 5.82 Å². The van der Waals surface area contributed by atoms with Crippen LogP contribution in [-0.2, 0) is 6.42 Å². The van der Waals surface area contributed by atoms with E-state index in [1.807, 2.05) is 0 Å². The van der Waals surface area contributed by atoms with E-state index in [-0.39, 0.29) is 6.42 Å². The van der Waals surface area contributed by atoms with Crippen molar-refractivity contribution in [2.75, 3.05) is 0 Å². The highest BCUT2D eigenvalue weighted by Gasteiger charge is 2.24. The van der Waals surface area contributed by atoms with Crippen molar-refractivity contribution in [3.05, 3.63) is 75.1 Å². The highest BCUT2D eigenvalue weighted by molar-refractivity contribution is 5.98. The van der Waals surface area contributed by atoms with Gasteiger partial charge in [0, 0.05) is 6.42 Å². The molecule has 0 amide bonds. The average molecular weight is 295 g/mol. The third-order valence-electron chi connectivity index (χ3n) is 2.79. The summed E-state index contributed by atoms with van der Waals surface area (Å²) < 4.78 is 39.8. The number of carbonyl (C=O) groups excluding carboxylic acids is 1. The predicted molar refractivity (Wildman–Crippen MR) is 67.4 cm³/mol. The van der Waals surface area contributed by atoms with E-state index in [9.17, 15) is 28.1 Å². The summed E-state index contributed by atoms with van der Waals surface area (Å²) in [6.07, 6.45) is -0.322. The van der Waals surface area contributed by atoms with Crippen molar-refractivity contribution in [1.82, 2.24) is 0 Å². The summed E-state index contributed by atoms with van der Waals surface area (Å²) in [6, 6.07) is 5.88. The smallest absolute Gasteiger partial charge is 0.294 e. The monoisotopic (exact) mass is 295 g/mol. The van der Waals surface area contributed by atoms with Crippen LogP contribution in [0, 0.1) is 27.6 Å². The molecule has 0 radical (unpaired) electrons. The minimum absolute atomic E-state index is 0.322. The van der Waals surface area contributed by atoms with Crippen LogP contribution in [0.2, 0.25) is 0 Å². The number of Topliss-reactive ketones (excluding diaryl/α,β-unsaturated/α-hetero) is 1. The molecule has 0 aliphatic heterocycles. The Morgan fingerprint density at radius 2 is 1.67 bits per heavy atom. The number of hydrogen-bond donors (Lipinski definition) is 0. The maximum atomic E-state index is 13.8. The second-order valence-corrected chi connectivity index (χ2v) is 4.27. The molecule has 4 nitrogen and oxygen atoms in total. The van der Waals surface area contributed by atoms with Gasteiger partial charge in [-0.3, -0.25) is 14.9 Å². The average Bonchev–Trinajstić information content (AvgIpc) is 2.43. The first-order chi connectivity index (χ1) is 9.88. The first kappa shape index (κ1) is 14.7. The topological polar surface area (TPSA) is 60.2 Å². The summed E-state index contributed by atoms with van der Waals surface area (Å²) in [6.45, 7) is 0. The number of benzene rings is 2. The number of ketones is 1. The molecule has 0 aliphatic carbocycles. The number of nitro benzene ring substituents is 1. The van der Waals surface area contributed by atoms with Gasteiger partial charge in [-0.25, -0.2) is 8.78 Å². The van der Waals surface area contributed by atoms with Crippen LogP contribution < -0.4 is 0 Å². The second-order valence-electron chi connectivity index (χ2n) is 4.27. The minimum atomic E-state index is -1.38. The van der Waals surface area contributed by atoms with Gasteiger partial charge in [0.25, 0.3) is 0 Å². The third-order valence-corrected chi connectivity index (χ3v) is 2.79. The molecule has 0 atom stereocenters. The number of nitrogens with zero attached hydrogens (tertiary/aromatic N) is 1. The van der Waals surface area contributed by atoms with E-state index in [0.29, 0.717) is 17.7 Å². The zero-order valence-electron chi connectivity index (χ0n) is 10.5. The lowest BCUT2D eigenvalue weighted by Crippen LogP contribution is -2.09. The van der Waals surface area contributed by atoms with Crippen LogP contribution in [0.5, 0.6) is 0 Å². The molecule has 2 aromatic carbocycles. The van der Waals surface area contributed by atoms with Crippen molar-refractivity contribution < 1.29 is 22.9 Å². The summed E-state index contributed by atoms with van der Waals surface area (Å²) in [5.41, 5.74) is -1.42. The van der Waals surface area contributed by atoms with Gasteiger partial charge in [-0.15, -0.1) is 0 Å². The lowest BCUT2D eigenvalue weighted by molar-refractivity contribution is -0.387. The molecule has 0 spiro atoms. The van der Waals surface area contributed by atoms with Crippen LogP contribution in [0.25, 0.3) is 0 Å². The van der Waals surface area contributed by atoms with E-state index in [1.165, 1.54) is 12.1 Å². The molecule has 0 fully saturated rings. The van der Waals surface area contributed by atoms with Crippen LogP contribution in [0.4, 0.5) is 18.9 Å². The molecule has 2 aromatic rings. The van der Waals surface area contributed by atoms with Crippen LogP contribution in [-0.4, -0.2) is 10.7 Å². The van der Waals surface area contributed by atoms with Gasteiger partial charge in [0.1, 0.15) is 11.6 Å². The molecule has 0 saturated carbocycles. The molecule has 0 heterocycles. The molecule has 0 N–H and O–H groups in total. The van der Waals surface area contributed by atoms with Gasteiger partial charge in [-0.2, -0.15) is 4.39 Å².